The van der Waals surface area contributed by atoms with Crippen LogP contribution in [0.4, 0.5) is 0 Å². The molecule has 0 atom stereocenters. The number of hydrogen-bond acceptors (Lipinski definition) is 0. The van der Waals surface area contributed by atoms with Crippen molar-refractivity contribution in [1.82, 2.24) is 0 Å². The monoisotopic (exact) mass is 368 g/mol. The minimum Gasteiger partial charge on any atom is -0.0906 e. The summed E-state index contributed by atoms with van der Waals surface area (Å²) in [6, 6.07) is 26.7. The smallest absolute Gasteiger partial charge is 0.00258 e. The second-order valence-electron chi connectivity index (χ2n) is 8.75. The van der Waals surface area contributed by atoms with Gasteiger partial charge in [0.25, 0.3) is 0 Å². The average molecular weight is 369 g/mol. The van der Waals surface area contributed by atoms with Crippen LogP contribution in [0.1, 0.15) is 67.5 Å². The van der Waals surface area contributed by atoms with Crippen LogP contribution in [0.25, 0.3) is 5.57 Å². The first-order valence-electron chi connectivity index (χ1n) is 10.3. The van der Waals surface area contributed by atoms with Crippen LogP contribution < -0.4 is 0 Å². The van der Waals surface area contributed by atoms with Gasteiger partial charge < -0.3 is 0 Å². The lowest BCUT2D eigenvalue weighted by Crippen LogP contribution is -2.10. The number of aryl methyl sites for hydroxylation is 1. The highest BCUT2D eigenvalue weighted by Gasteiger charge is 2.13. The van der Waals surface area contributed by atoms with Crippen LogP contribution in [0.3, 0.4) is 0 Å². The lowest BCUT2D eigenvalue weighted by Gasteiger charge is -2.19. The van der Waals surface area contributed by atoms with Gasteiger partial charge in [-0.3, -0.25) is 0 Å². The van der Waals surface area contributed by atoms with E-state index in [-0.39, 0.29) is 5.41 Å². The highest BCUT2D eigenvalue weighted by atomic mass is 14.2. The topological polar surface area (TPSA) is 0 Å². The first kappa shape index (κ1) is 20.1. The molecular formula is C28H32. The van der Waals surface area contributed by atoms with Crippen molar-refractivity contribution in [2.75, 3.05) is 0 Å². The summed E-state index contributed by atoms with van der Waals surface area (Å²) >= 11 is 0. The van der Waals surface area contributed by atoms with Crippen LogP contribution in [0, 0.1) is 0 Å². The van der Waals surface area contributed by atoms with Crippen LogP contribution >= 0.6 is 0 Å². The van der Waals surface area contributed by atoms with Gasteiger partial charge in [-0.05, 0) is 57.2 Å². The minimum atomic E-state index is 0.177. The van der Waals surface area contributed by atoms with E-state index < -0.39 is 0 Å². The molecule has 0 nitrogen and oxygen atoms in total. The molecule has 3 aromatic carbocycles. The number of hydrogen-bond donors (Lipinski definition) is 0. The summed E-state index contributed by atoms with van der Waals surface area (Å²) < 4.78 is 0. The molecule has 0 aliphatic rings. The summed E-state index contributed by atoms with van der Waals surface area (Å²) in [5, 5.41) is 0. The van der Waals surface area contributed by atoms with Crippen molar-refractivity contribution in [3.8, 4) is 0 Å². The van der Waals surface area contributed by atoms with Crippen molar-refractivity contribution < 1.29 is 0 Å². The summed E-state index contributed by atoms with van der Waals surface area (Å²) in [5.41, 5.74) is 9.11. The largest absolute Gasteiger partial charge is 0.0906 e. The zero-order chi connectivity index (χ0) is 20.1. The van der Waals surface area contributed by atoms with Gasteiger partial charge in [0.15, 0.2) is 0 Å². The summed E-state index contributed by atoms with van der Waals surface area (Å²) in [6.07, 6.45) is 3.33. The van der Waals surface area contributed by atoms with E-state index in [0.717, 1.165) is 18.4 Å². The van der Waals surface area contributed by atoms with E-state index in [4.69, 9.17) is 0 Å². The standard InChI is InChI=1S/C28H32/c1-6-7-22-8-10-23(11-9-22)20-24-12-14-25(15-13-24)21(2)26-16-18-27(19-17-26)28(3,4)5/h8-19H,2,6-7,20H2,1,3-5H3. The lowest BCUT2D eigenvalue weighted by molar-refractivity contribution is 0.590. The molecule has 0 aliphatic carbocycles. The molecule has 0 saturated heterocycles. The molecule has 0 amide bonds. The molecule has 0 aromatic heterocycles. The Morgan fingerprint density at radius 3 is 1.57 bits per heavy atom. The first-order valence-corrected chi connectivity index (χ1v) is 10.3. The molecule has 0 heteroatoms. The normalized spacial score (nSPS) is 11.4. The van der Waals surface area contributed by atoms with E-state index in [1.165, 1.54) is 39.8 Å². The van der Waals surface area contributed by atoms with Gasteiger partial charge in [-0.15, -0.1) is 0 Å². The number of rotatable bonds is 6. The Kier molecular flexibility index (Phi) is 6.19. The molecule has 0 radical (unpaired) electrons. The minimum absolute atomic E-state index is 0.177. The van der Waals surface area contributed by atoms with Crippen LogP contribution in [0.5, 0.6) is 0 Å². The fraction of sp³-hybridized carbons (Fsp3) is 0.286. The molecule has 0 unspecified atom stereocenters. The maximum absolute atomic E-state index is 4.33. The lowest BCUT2D eigenvalue weighted by atomic mass is 9.86. The summed E-state index contributed by atoms with van der Waals surface area (Å²) in [6.45, 7) is 13.3. The van der Waals surface area contributed by atoms with Crippen LogP contribution in [-0.2, 0) is 18.3 Å². The third-order valence-corrected chi connectivity index (χ3v) is 5.37. The Hall–Kier alpha value is -2.60. The molecule has 0 fully saturated rings. The van der Waals surface area contributed by atoms with Crippen LogP contribution in [0.2, 0.25) is 0 Å². The fourth-order valence-electron chi connectivity index (χ4n) is 3.51. The third kappa shape index (κ3) is 5.01. The second-order valence-corrected chi connectivity index (χ2v) is 8.75. The van der Waals surface area contributed by atoms with Gasteiger partial charge in [0.1, 0.15) is 0 Å². The Balaban J connectivity index is 1.68. The van der Waals surface area contributed by atoms with E-state index in [0.29, 0.717) is 0 Å². The third-order valence-electron chi connectivity index (χ3n) is 5.37. The molecule has 0 heterocycles. The van der Waals surface area contributed by atoms with E-state index in [1.807, 2.05) is 0 Å². The van der Waals surface area contributed by atoms with Crippen molar-refractivity contribution >= 4 is 5.57 Å². The molecule has 3 rings (SSSR count). The fourth-order valence-corrected chi connectivity index (χ4v) is 3.51. The van der Waals surface area contributed by atoms with Crippen molar-refractivity contribution in [3.05, 3.63) is 113 Å². The Labute approximate surface area is 171 Å². The van der Waals surface area contributed by atoms with Crippen molar-refractivity contribution in [2.24, 2.45) is 0 Å². The highest BCUT2D eigenvalue weighted by Crippen LogP contribution is 2.27. The van der Waals surface area contributed by atoms with E-state index >= 15 is 0 Å². The zero-order valence-electron chi connectivity index (χ0n) is 17.8. The van der Waals surface area contributed by atoms with E-state index in [2.05, 4.69) is 107 Å². The van der Waals surface area contributed by atoms with Crippen LogP contribution in [0.15, 0.2) is 79.4 Å². The summed E-state index contributed by atoms with van der Waals surface area (Å²) in [7, 11) is 0. The quantitative estimate of drug-likeness (QED) is 0.420. The summed E-state index contributed by atoms with van der Waals surface area (Å²) in [5.74, 6) is 0. The zero-order valence-corrected chi connectivity index (χ0v) is 17.8. The Morgan fingerprint density at radius 1 is 0.679 bits per heavy atom. The van der Waals surface area contributed by atoms with E-state index in [1.54, 1.807) is 0 Å². The van der Waals surface area contributed by atoms with Gasteiger partial charge >= 0.3 is 0 Å². The molecular weight excluding hydrogens is 336 g/mol. The van der Waals surface area contributed by atoms with Crippen molar-refractivity contribution in [2.45, 2.75) is 52.4 Å². The van der Waals surface area contributed by atoms with Crippen molar-refractivity contribution in [3.63, 3.8) is 0 Å². The molecule has 0 N–H and O–H groups in total. The van der Waals surface area contributed by atoms with Gasteiger partial charge in [-0.1, -0.05) is 113 Å². The van der Waals surface area contributed by atoms with Gasteiger partial charge in [0.2, 0.25) is 0 Å². The van der Waals surface area contributed by atoms with Gasteiger partial charge in [-0.25, -0.2) is 0 Å². The molecule has 0 bridgehead atoms. The second kappa shape index (κ2) is 8.61. The SMILES string of the molecule is C=C(c1ccc(Cc2ccc(CCC)cc2)cc1)c1ccc(C(C)(C)C)cc1. The molecule has 0 saturated carbocycles. The summed E-state index contributed by atoms with van der Waals surface area (Å²) in [4.78, 5) is 0. The van der Waals surface area contributed by atoms with Crippen LogP contribution in [-0.4, -0.2) is 0 Å². The first-order chi connectivity index (χ1) is 13.4. The van der Waals surface area contributed by atoms with E-state index in [9.17, 15) is 0 Å². The van der Waals surface area contributed by atoms with Gasteiger partial charge in [-0.2, -0.15) is 0 Å². The number of benzene rings is 3. The average Bonchev–Trinajstić information content (AvgIpc) is 2.69. The Morgan fingerprint density at radius 2 is 1.11 bits per heavy atom. The molecule has 0 spiro atoms. The molecule has 144 valence electrons. The molecule has 3 aromatic rings. The van der Waals surface area contributed by atoms with Gasteiger partial charge in [0, 0.05) is 0 Å². The van der Waals surface area contributed by atoms with Gasteiger partial charge in [0.05, 0.1) is 0 Å². The maximum atomic E-state index is 4.33. The molecule has 0 aliphatic heterocycles. The Bertz CT molecular complexity index is 902. The highest BCUT2D eigenvalue weighted by molar-refractivity contribution is 5.78. The predicted molar refractivity (Wildman–Crippen MR) is 123 cm³/mol. The predicted octanol–water partition coefficient (Wildman–Crippen LogP) is 7.59. The molecule has 28 heavy (non-hydrogen) atoms. The maximum Gasteiger partial charge on any atom is -0.00258 e. The van der Waals surface area contributed by atoms with Crippen molar-refractivity contribution in [1.29, 1.82) is 0 Å².